The zero-order chi connectivity index (χ0) is 20.3. The zero-order valence-corrected chi connectivity index (χ0v) is 17.1. The van der Waals surface area contributed by atoms with Crippen molar-refractivity contribution in [3.63, 3.8) is 0 Å². The average molecular weight is 405 g/mol. The predicted molar refractivity (Wildman–Crippen MR) is 107 cm³/mol. The van der Waals surface area contributed by atoms with Crippen LogP contribution < -0.4 is 0 Å². The Labute approximate surface area is 169 Å². The van der Waals surface area contributed by atoms with Gasteiger partial charge in [0.25, 0.3) is 0 Å². The highest BCUT2D eigenvalue weighted by Gasteiger charge is 2.27. The van der Waals surface area contributed by atoms with Crippen molar-refractivity contribution in [2.75, 3.05) is 32.8 Å². The second-order valence-corrected chi connectivity index (χ2v) is 7.35. The number of morpholine rings is 1. The molecule has 3 rings (SSSR count). The largest absolute Gasteiger partial charge is 0.462 e. The summed E-state index contributed by atoms with van der Waals surface area (Å²) in [4.78, 5) is 30.2. The molecule has 1 N–H and O–H groups in total. The summed E-state index contributed by atoms with van der Waals surface area (Å²) in [6, 6.07) is 7.57. The van der Waals surface area contributed by atoms with Gasteiger partial charge in [0.15, 0.2) is 5.78 Å². The van der Waals surface area contributed by atoms with E-state index in [1.165, 1.54) is 0 Å². The van der Waals surface area contributed by atoms with Gasteiger partial charge in [-0.05, 0) is 44.0 Å². The van der Waals surface area contributed by atoms with E-state index >= 15 is 0 Å². The standard InChI is InChI=1S/C21H25ClN2O4/c1-4-27-21(26)19-13(2)20(23-14(19)3)17(25)11-24-9-10-28-18(12-24)15-5-7-16(22)8-6-15/h5-8,18,23H,4,9-12H2,1-3H3. The molecule has 2 heterocycles. The van der Waals surface area contributed by atoms with Crippen LogP contribution in [-0.4, -0.2) is 54.5 Å². The third-order valence-electron chi connectivity index (χ3n) is 4.96. The first-order chi connectivity index (χ1) is 13.4. The van der Waals surface area contributed by atoms with E-state index in [9.17, 15) is 9.59 Å². The van der Waals surface area contributed by atoms with Crippen LogP contribution >= 0.6 is 11.6 Å². The monoisotopic (exact) mass is 404 g/mol. The molecule has 1 saturated heterocycles. The minimum Gasteiger partial charge on any atom is -0.462 e. The molecule has 1 unspecified atom stereocenters. The van der Waals surface area contributed by atoms with Crippen LogP contribution in [0.5, 0.6) is 0 Å². The van der Waals surface area contributed by atoms with Gasteiger partial charge in [-0.2, -0.15) is 0 Å². The van der Waals surface area contributed by atoms with Crippen LogP contribution in [0.4, 0.5) is 0 Å². The number of Topliss-reactive ketones (excluding diaryl/α,β-unsaturated/α-hetero) is 1. The van der Waals surface area contributed by atoms with Crippen molar-refractivity contribution in [3.05, 3.63) is 57.4 Å². The number of aromatic amines is 1. The van der Waals surface area contributed by atoms with E-state index in [2.05, 4.69) is 9.88 Å². The smallest absolute Gasteiger partial charge is 0.340 e. The van der Waals surface area contributed by atoms with Gasteiger partial charge in [-0.15, -0.1) is 0 Å². The van der Waals surface area contributed by atoms with Crippen LogP contribution in [-0.2, 0) is 9.47 Å². The number of nitrogens with one attached hydrogen (secondary N) is 1. The molecule has 6 nitrogen and oxygen atoms in total. The first-order valence-electron chi connectivity index (χ1n) is 9.39. The van der Waals surface area contributed by atoms with Gasteiger partial charge in [0.1, 0.15) is 0 Å². The van der Waals surface area contributed by atoms with Gasteiger partial charge in [0, 0.05) is 23.8 Å². The molecule has 1 aromatic heterocycles. The van der Waals surface area contributed by atoms with Crippen LogP contribution in [0.2, 0.25) is 5.02 Å². The summed E-state index contributed by atoms with van der Waals surface area (Å²) < 4.78 is 11.0. The van der Waals surface area contributed by atoms with Crippen molar-refractivity contribution in [2.24, 2.45) is 0 Å². The van der Waals surface area contributed by atoms with Crippen molar-refractivity contribution in [1.82, 2.24) is 9.88 Å². The van der Waals surface area contributed by atoms with Crippen LogP contribution in [0, 0.1) is 13.8 Å². The molecule has 1 aliphatic heterocycles. The van der Waals surface area contributed by atoms with E-state index in [0.29, 0.717) is 53.8 Å². The molecule has 1 fully saturated rings. The predicted octanol–water partition coefficient (Wildman–Crippen LogP) is 3.72. The molecule has 0 aliphatic carbocycles. The Bertz CT molecular complexity index is 860. The lowest BCUT2D eigenvalue weighted by Gasteiger charge is -2.32. The minimum absolute atomic E-state index is 0.0482. The lowest BCUT2D eigenvalue weighted by Crippen LogP contribution is -2.41. The maximum Gasteiger partial charge on any atom is 0.340 e. The van der Waals surface area contributed by atoms with Crippen LogP contribution in [0.3, 0.4) is 0 Å². The maximum absolute atomic E-state index is 12.9. The summed E-state index contributed by atoms with van der Waals surface area (Å²) in [5, 5.41) is 0.682. The fraction of sp³-hybridized carbons (Fsp3) is 0.429. The number of hydrogen-bond donors (Lipinski definition) is 1. The second kappa shape index (κ2) is 8.90. The minimum atomic E-state index is -0.401. The number of halogens is 1. The molecule has 1 aromatic carbocycles. The highest BCUT2D eigenvalue weighted by Crippen LogP contribution is 2.25. The number of esters is 1. The third-order valence-corrected chi connectivity index (χ3v) is 5.21. The summed E-state index contributed by atoms with van der Waals surface area (Å²) in [5.74, 6) is -0.449. The summed E-state index contributed by atoms with van der Waals surface area (Å²) in [6.07, 6.45) is -0.0969. The van der Waals surface area contributed by atoms with Gasteiger partial charge in [0.2, 0.25) is 0 Å². The highest BCUT2D eigenvalue weighted by molar-refractivity contribution is 6.30. The first kappa shape index (κ1) is 20.6. The van der Waals surface area contributed by atoms with E-state index in [1.807, 2.05) is 24.3 Å². The lowest BCUT2D eigenvalue weighted by molar-refractivity contribution is -0.0275. The van der Waals surface area contributed by atoms with Crippen LogP contribution in [0.15, 0.2) is 24.3 Å². The summed E-state index contributed by atoms with van der Waals surface area (Å²) in [5.41, 5.74) is 3.25. The van der Waals surface area contributed by atoms with Gasteiger partial charge in [-0.3, -0.25) is 9.69 Å². The Morgan fingerprint density at radius 2 is 2.00 bits per heavy atom. The van der Waals surface area contributed by atoms with Gasteiger partial charge >= 0.3 is 5.97 Å². The third kappa shape index (κ3) is 4.46. The number of hydrogen-bond acceptors (Lipinski definition) is 5. The van der Waals surface area contributed by atoms with Crippen LogP contribution in [0.25, 0.3) is 0 Å². The molecule has 0 radical (unpaired) electrons. The number of aryl methyl sites for hydroxylation is 1. The number of benzene rings is 1. The van der Waals surface area contributed by atoms with Gasteiger partial charge in [0.05, 0.1) is 37.1 Å². The molecular formula is C21H25ClN2O4. The molecule has 0 bridgehead atoms. The number of ether oxygens (including phenoxy) is 2. The topological polar surface area (TPSA) is 71.6 Å². The first-order valence-corrected chi connectivity index (χ1v) is 9.77. The van der Waals surface area contributed by atoms with Crippen molar-refractivity contribution in [1.29, 1.82) is 0 Å². The Morgan fingerprint density at radius 1 is 1.29 bits per heavy atom. The Hall–Kier alpha value is -2.15. The van der Waals surface area contributed by atoms with E-state index in [1.54, 1.807) is 20.8 Å². The number of carbonyl (C=O) groups excluding carboxylic acids is 2. The summed E-state index contributed by atoms with van der Waals surface area (Å²) >= 11 is 5.96. The second-order valence-electron chi connectivity index (χ2n) is 6.91. The molecule has 28 heavy (non-hydrogen) atoms. The normalized spacial score (nSPS) is 17.5. The number of carbonyl (C=O) groups is 2. The Kier molecular flexibility index (Phi) is 6.54. The molecule has 150 valence electrons. The molecule has 2 aromatic rings. The van der Waals surface area contributed by atoms with E-state index in [-0.39, 0.29) is 18.4 Å². The van der Waals surface area contributed by atoms with E-state index < -0.39 is 5.97 Å². The number of H-pyrrole nitrogens is 1. The quantitative estimate of drug-likeness (QED) is 0.586. The fourth-order valence-corrected chi connectivity index (χ4v) is 3.67. The van der Waals surface area contributed by atoms with Crippen LogP contribution in [0.1, 0.15) is 50.7 Å². The van der Waals surface area contributed by atoms with Gasteiger partial charge in [-0.25, -0.2) is 4.79 Å². The number of aromatic nitrogens is 1. The zero-order valence-electron chi connectivity index (χ0n) is 16.4. The molecule has 1 atom stereocenters. The fourth-order valence-electron chi connectivity index (χ4n) is 3.55. The number of ketones is 1. The molecule has 1 aliphatic rings. The van der Waals surface area contributed by atoms with E-state index in [0.717, 1.165) is 5.56 Å². The molecule has 0 spiro atoms. The SMILES string of the molecule is CCOC(=O)c1c(C)[nH]c(C(=O)CN2CCOC(c3ccc(Cl)cc3)C2)c1C. The molecule has 7 heteroatoms. The van der Waals surface area contributed by atoms with Crippen molar-refractivity contribution < 1.29 is 19.1 Å². The molecule has 0 saturated carbocycles. The van der Waals surface area contributed by atoms with Gasteiger partial charge in [-0.1, -0.05) is 23.7 Å². The highest BCUT2D eigenvalue weighted by atomic mass is 35.5. The summed E-state index contributed by atoms with van der Waals surface area (Å²) in [7, 11) is 0. The maximum atomic E-state index is 12.9. The lowest BCUT2D eigenvalue weighted by atomic mass is 10.1. The molecule has 0 amide bonds. The Balaban J connectivity index is 1.70. The average Bonchev–Trinajstić information content (AvgIpc) is 2.97. The van der Waals surface area contributed by atoms with Gasteiger partial charge < -0.3 is 14.5 Å². The van der Waals surface area contributed by atoms with Crippen molar-refractivity contribution in [2.45, 2.75) is 26.9 Å². The van der Waals surface area contributed by atoms with E-state index in [4.69, 9.17) is 21.1 Å². The van der Waals surface area contributed by atoms with Crippen molar-refractivity contribution >= 4 is 23.4 Å². The summed E-state index contributed by atoms with van der Waals surface area (Å²) in [6.45, 7) is 7.73. The number of nitrogens with zero attached hydrogens (tertiary/aromatic N) is 1. The number of rotatable bonds is 6. The Morgan fingerprint density at radius 3 is 2.68 bits per heavy atom. The van der Waals surface area contributed by atoms with Crippen molar-refractivity contribution in [3.8, 4) is 0 Å². The molecular weight excluding hydrogens is 380 g/mol.